The number of hydrogen-bond donors (Lipinski definition) is 4. The molecule has 1 aliphatic carbocycles. The van der Waals surface area contributed by atoms with Gasteiger partial charge in [0.05, 0.1) is 18.7 Å². The van der Waals surface area contributed by atoms with Crippen LogP contribution in [0, 0.1) is 5.92 Å². The van der Waals surface area contributed by atoms with Gasteiger partial charge in [0, 0.05) is 53.1 Å². The number of carboxylic acids is 1. The van der Waals surface area contributed by atoms with Crippen LogP contribution in [0.4, 0.5) is 0 Å². The Balaban J connectivity index is 1.14. The molecule has 278 valence electrons. The lowest BCUT2D eigenvalue weighted by Gasteiger charge is -2.29. The summed E-state index contributed by atoms with van der Waals surface area (Å²) < 4.78 is 5.35. The molecule has 0 spiro atoms. The molecule has 0 bridgehead atoms. The summed E-state index contributed by atoms with van der Waals surface area (Å²) in [5, 5.41) is 29.1. The van der Waals surface area contributed by atoms with Gasteiger partial charge in [-0.25, -0.2) is 9.78 Å². The number of benzene rings is 2. The molecule has 2 aliphatic heterocycles. The predicted molar refractivity (Wildman–Crippen MR) is 201 cm³/mol. The van der Waals surface area contributed by atoms with Gasteiger partial charge in [-0.1, -0.05) is 43.2 Å². The Kier molecular flexibility index (Phi) is 9.48. The number of methoxy groups -OCH3 is 1. The fraction of sp³-hybridized carbons (Fsp3) is 0.359. The summed E-state index contributed by atoms with van der Waals surface area (Å²) in [6.07, 6.45) is 11.0. The van der Waals surface area contributed by atoms with Crippen LogP contribution in [0.15, 0.2) is 78.5 Å². The van der Waals surface area contributed by atoms with Crippen LogP contribution in [-0.2, 0) is 14.4 Å². The number of nitrogens with zero attached hydrogens (tertiary/aromatic N) is 5. The number of amides is 3. The molecule has 2 fully saturated rings. The number of aliphatic carboxylic acids is 1. The number of thiazole rings is 1. The molecule has 3 aromatic heterocycles. The summed E-state index contributed by atoms with van der Waals surface area (Å²) in [6, 6.07) is 12.4. The fourth-order valence-electron chi connectivity index (χ4n) is 7.65. The van der Waals surface area contributed by atoms with Gasteiger partial charge in [-0.05, 0) is 56.0 Å². The zero-order valence-corrected chi connectivity index (χ0v) is 30.4. The SMILES string of the molecule is COc1ccc(-c2nn([C@@H]3C[C@H]4C(=O)N[C@@]5(C(=O)O)C[C@H]5/C=C\CCCCC[C@@H](NC(=O)c5c[nH]c6ccccc56)C(=O)N4C3)nc2-c2nccs2)cc1. The monoisotopic (exact) mass is 748 g/mol. The highest BCUT2D eigenvalue weighted by Gasteiger charge is 2.61. The van der Waals surface area contributed by atoms with Crippen LogP contribution in [0.3, 0.4) is 0 Å². The quantitative estimate of drug-likeness (QED) is 0.167. The Morgan fingerprint density at radius 3 is 2.65 bits per heavy atom. The number of para-hydroxylation sites is 1. The molecule has 8 rings (SSSR count). The van der Waals surface area contributed by atoms with E-state index in [4.69, 9.17) is 14.9 Å². The molecule has 1 saturated carbocycles. The maximum absolute atomic E-state index is 14.7. The van der Waals surface area contributed by atoms with Gasteiger partial charge in [-0.15, -0.1) is 16.4 Å². The average molecular weight is 749 g/mol. The molecule has 1 saturated heterocycles. The van der Waals surface area contributed by atoms with Crippen molar-refractivity contribution in [2.75, 3.05) is 13.7 Å². The highest BCUT2D eigenvalue weighted by molar-refractivity contribution is 7.13. The molecule has 15 heteroatoms. The lowest BCUT2D eigenvalue weighted by atomic mass is 10.0. The van der Waals surface area contributed by atoms with E-state index in [0.29, 0.717) is 40.6 Å². The van der Waals surface area contributed by atoms with Crippen molar-refractivity contribution < 1.29 is 29.0 Å². The summed E-state index contributed by atoms with van der Waals surface area (Å²) in [6.45, 7) is 0.0633. The second-order valence-corrected chi connectivity index (χ2v) is 15.0. The number of ether oxygens (including phenoxy) is 1. The molecule has 2 aromatic carbocycles. The van der Waals surface area contributed by atoms with Gasteiger partial charge in [0.2, 0.25) is 11.8 Å². The van der Waals surface area contributed by atoms with Gasteiger partial charge in [0.1, 0.15) is 39.8 Å². The van der Waals surface area contributed by atoms with E-state index in [-0.39, 0.29) is 25.3 Å². The number of aromatic nitrogens is 5. The number of aromatic amines is 1. The first-order chi connectivity index (χ1) is 26.3. The van der Waals surface area contributed by atoms with E-state index in [0.717, 1.165) is 35.7 Å². The van der Waals surface area contributed by atoms with Gasteiger partial charge in [0.15, 0.2) is 0 Å². The minimum absolute atomic E-state index is 0.0633. The van der Waals surface area contributed by atoms with E-state index in [1.165, 1.54) is 21.0 Å². The second-order valence-electron chi connectivity index (χ2n) is 14.1. The Morgan fingerprint density at radius 1 is 1.06 bits per heavy atom. The Hall–Kier alpha value is -5.83. The number of fused-ring (bicyclic) bond motifs is 3. The number of carboxylic acid groups (broad SMARTS) is 1. The predicted octanol–water partition coefficient (Wildman–Crippen LogP) is 4.98. The van der Waals surface area contributed by atoms with Gasteiger partial charge >= 0.3 is 5.97 Å². The van der Waals surface area contributed by atoms with Crippen molar-refractivity contribution in [1.82, 2.24) is 40.5 Å². The van der Waals surface area contributed by atoms with E-state index < -0.39 is 47.4 Å². The Morgan fingerprint density at radius 2 is 1.87 bits per heavy atom. The first-order valence-corrected chi connectivity index (χ1v) is 19.0. The maximum Gasteiger partial charge on any atom is 0.330 e. The fourth-order valence-corrected chi connectivity index (χ4v) is 8.28. The zero-order chi connectivity index (χ0) is 37.4. The lowest BCUT2D eigenvalue weighted by Crippen LogP contribution is -2.56. The molecule has 3 amide bonds. The van der Waals surface area contributed by atoms with Crippen molar-refractivity contribution in [1.29, 1.82) is 0 Å². The summed E-state index contributed by atoms with van der Waals surface area (Å²) in [5.74, 6) is -2.17. The van der Waals surface area contributed by atoms with Gasteiger partial charge < -0.3 is 30.4 Å². The number of hydrogen-bond acceptors (Lipinski definition) is 9. The minimum Gasteiger partial charge on any atom is -0.497 e. The minimum atomic E-state index is -1.45. The van der Waals surface area contributed by atoms with E-state index in [1.807, 2.05) is 66.1 Å². The molecule has 5 atom stereocenters. The summed E-state index contributed by atoms with van der Waals surface area (Å²) in [7, 11) is 1.59. The largest absolute Gasteiger partial charge is 0.497 e. The molecular formula is C39H40N8O6S. The van der Waals surface area contributed by atoms with Crippen LogP contribution in [0.5, 0.6) is 5.75 Å². The normalized spacial score (nSPS) is 25.2. The van der Waals surface area contributed by atoms with Crippen LogP contribution < -0.4 is 15.4 Å². The molecular weight excluding hydrogens is 709 g/mol. The van der Waals surface area contributed by atoms with Crippen molar-refractivity contribution in [2.45, 2.75) is 68.6 Å². The van der Waals surface area contributed by atoms with Gasteiger partial charge in [-0.3, -0.25) is 14.4 Å². The number of nitrogens with one attached hydrogen (secondary N) is 3. The molecule has 5 heterocycles. The molecule has 54 heavy (non-hydrogen) atoms. The lowest BCUT2D eigenvalue weighted by molar-refractivity contribution is -0.145. The molecule has 14 nitrogen and oxygen atoms in total. The number of H-pyrrole nitrogens is 1. The van der Waals surface area contributed by atoms with Gasteiger partial charge in [-0.2, -0.15) is 9.90 Å². The van der Waals surface area contributed by atoms with E-state index in [1.54, 1.807) is 19.5 Å². The number of rotatable bonds is 7. The third-order valence-electron chi connectivity index (χ3n) is 10.7. The molecule has 5 aromatic rings. The van der Waals surface area contributed by atoms with Crippen LogP contribution in [0.2, 0.25) is 0 Å². The molecule has 3 aliphatic rings. The standard InChI is InChI=1S/C39H40N8O6S/c1-53-26-15-13-23(14-16-26)32-33(36-40-17-18-54-36)45-47(44-32)25-19-31-35(49)43-39(38(51)52)20-24(39)9-5-3-2-4-6-12-30(37(50)46(31)22-25)42-34(48)28-21-41-29-11-8-7-10-27(28)29/h5,7-11,13-18,21,24-25,30-31,41H,2-4,6,12,19-20,22H2,1H3,(H,42,48)(H,43,49)(H,51,52)/b9-5-/t24-,25-,30-,31+,39+/m1/s1. The zero-order valence-electron chi connectivity index (χ0n) is 29.6. The van der Waals surface area contributed by atoms with Crippen LogP contribution >= 0.6 is 11.3 Å². The van der Waals surface area contributed by atoms with Crippen molar-refractivity contribution in [3.05, 3.63) is 84.0 Å². The van der Waals surface area contributed by atoms with Crippen LogP contribution in [0.25, 0.3) is 32.9 Å². The number of allylic oxidation sites excluding steroid dienone is 1. The van der Waals surface area contributed by atoms with E-state index in [9.17, 15) is 24.3 Å². The Labute approximate surface area is 314 Å². The topological polar surface area (TPSA) is 184 Å². The van der Waals surface area contributed by atoms with Gasteiger partial charge in [0.25, 0.3) is 5.91 Å². The van der Waals surface area contributed by atoms with Crippen molar-refractivity contribution >= 4 is 45.9 Å². The third-order valence-corrected chi connectivity index (χ3v) is 11.5. The summed E-state index contributed by atoms with van der Waals surface area (Å²) >= 11 is 1.42. The van der Waals surface area contributed by atoms with E-state index >= 15 is 0 Å². The van der Waals surface area contributed by atoms with Crippen molar-refractivity contribution in [3.63, 3.8) is 0 Å². The van der Waals surface area contributed by atoms with Crippen molar-refractivity contribution in [3.8, 4) is 27.7 Å². The Bertz CT molecular complexity index is 2230. The van der Waals surface area contributed by atoms with E-state index in [2.05, 4.69) is 20.6 Å². The average Bonchev–Trinajstić information content (AvgIpc) is 3.79. The number of carbonyl (C=O) groups excluding carboxylic acids is 3. The maximum atomic E-state index is 14.7. The van der Waals surface area contributed by atoms with Crippen LogP contribution in [0.1, 0.15) is 61.3 Å². The summed E-state index contributed by atoms with van der Waals surface area (Å²) in [4.78, 5) is 66.0. The third kappa shape index (κ3) is 6.63. The smallest absolute Gasteiger partial charge is 0.330 e. The highest BCUT2D eigenvalue weighted by Crippen LogP contribution is 2.46. The highest BCUT2D eigenvalue weighted by atomic mass is 32.1. The first kappa shape index (κ1) is 35.2. The number of carbonyl (C=O) groups is 4. The van der Waals surface area contributed by atoms with Crippen molar-refractivity contribution in [2.24, 2.45) is 5.92 Å². The first-order valence-electron chi connectivity index (χ1n) is 18.2. The van der Waals surface area contributed by atoms with Crippen LogP contribution in [-0.4, -0.2) is 89.9 Å². The molecule has 4 N–H and O–H groups in total. The molecule has 0 unspecified atom stereocenters. The summed E-state index contributed by atoms with van der Waals surface area (Å²) in [5.41, 5.74) is 1.67. The molecule has 0 radical (unpaired) electrons. The second kappa shape index (κ2) is 14.5.